The van der Waals surface area contributed by atoms with E-state index in [1.807, 2.05) is 13.0 Å². The van der Waals surface area contributed by atoms with Crippen molar-refractivity contribution in [1.29, 1.82) is 0 Å². The van der Waals surface area contributed by atoms with E-state index in [9.17, 15) is 15.0 Å². The minimum Gasteiger partial charge on any atom is -0.395 e. The van der Waals surface area contributed by atoms with Crippen LogP contribution in [-0.2, 0) is 0 Å². The first-order valence-corrected chi connectivity index (χ1v) is 6.37. The number of hydrogen-bond donors (Lipinski definition) is 5. The molecular formula is C13H17N3O3. The van der Waals surface area contributed by atoms with E-state index in [0.717, 1.165) is 10.9 Å². The minimum atomic E-state index is -0.595. The molecular weight excluding hydrogens is 246 g/mol. The number of hydrogen-bond acceptors (Lipinski definition) is 4. The van der Waals surface area contributed by atoms with Crippen molar-refractivity contribution in [3.05, 3.63) is 34.4 Å². The number of aliphatic hydroxyl groups excluding tert-OH is 2. The maximum atomic E-state index is 11.7. The number of aromatic amines is 2. The zero-order valence-corrected chi connectivity index (χ0v) is 10.6. The number of nitrogens with one attached hydrogen (secondary N) is 3. The van der Waals surface area contributed by atoms with Crippen LogP contribution in [0.2, 0.25) is 0 Å². The summed E-state index contributed by atoms with van der Waals surface area (Å²) in [6.07, 6.45) is 2.81. The zero-order chi connectivity index (χ0) is 13.6. The highest BCUT2D eigenvalue weighted by Gasteiger charge is 2.40. The molecule has 4 atom stereocenters. The van der Waals surface area contributed by atoms with E-state index in [0.29, 0.717) is 5.52 Å². The highest BCUT2D eigenvalue weighted by molar-refractivity contribution is 5.82. The summed E-state index contributed by atoms with van der Waals surface area (Å²) in [6.45, 7) is 1.83. The van der Waals surface area contributed by atoms with Gasteiger partial charge >= 0.3 is 0 Å². The van der Waals surface area contributed by atoms with Gasteiger partial charge in [-0.25, -0.2) is 0 Å². The van der Waals surface area contributed by atoms with Crippen LogP contribution in [0.1, 0.15) is 18.5 Å². The Morgan fingerprint density at radius 1 is 1.37 bits per heavy atom. The lowest BCUT2D eigenvalue weighted by Crippen LogP contribution is -2.34. The summed E-state index contributed by atoms with van der Waals surface area (Å²) >= 11 is 0. The molecule has 0 unspecified atom stereocenters. The van der Waals surface area contributed by atoms with Crippen molar-refractivity contribution in [3.8, 4) is 0 Å². The Morgan fingerprint density at radius 3 is 2.84 bits per heavy atom. The quantitative estimate of drug-likeness (QED) is 0.520. The Hall–Kier alpha value is -1.63. The van der Waals surface area contributed by atoms with Crippen LogP contribution in [0.3, 0.4) is 0 Å². The maximum absolute atomic E-state index is 11.7. The van der Waals surface area contributed by atoms with Crippen LogP contribution in [0.4, 0.5) is 0 Å². The number of H-pyrrole nitrogens is 2. The Morgan fingerprint density at radius 2 is 2.16 bits per heavy atom. The van der Waals surface area contributed by atoms with E-state index < -0.39 is 6.10 Å². The summed E-state index contributed by atoms with van der Waals surface area (Å²) in [4.78, 5) is 17.3. The molecule has 6 nitrogen and oxygen atoms in total. The summed E-state index contributed by atoms with van der Waals surface area (Å²) in [5.41, 5.74) is 1.32. The van der Waals surface area contributed by atoms with Crippen LogP contribution in [0.15, 0.2) is 23.3 Å². The second kappa shape index (κ2) is 4.48. The molecule has 6 heteroatoms. The molecule has 1 saturated heterocycles. The van der Waals surface area contributed by atoms with Crippen LogP contribution in [0.5, 0.6) is 0 Å². The number of aliphatic hydroxyl groups is 2. The number of fused-ring (bicyclic) bond motifs is 1. The van der Waals surface area contributed by atoms with Crippen molar-refractivity contribution in [2.45, 2.75) is 25.1 Å². The summed E-state index contributed by atoms with van der Waals surface area (Å²) in [5, 5.41) is 23.4. The van der Waals surface area contributed by atoms with E-state index in [-0.39, 0.29) is 30.2 Å². The lowest BCUT2D eigenvalue weighted by molar-refractivity contribution is 0.0934. The molecule has 0 amide bonds. The van der Waals surface area contributed by atoms with E-state index >= 15 is 0 Å². The van der Waals surface area contributed by atoms with E-state index in [2.05, 4.69) is 15.3 Å². The van der Waals surface area contributed by atoms with Gasteiger partial charge < -0.3 is 25.5 Å². The molecule has 0 bridgehead atoms. The molecule has 0 aromatic carbocycles. The molecule has 0 aliphatic carbocycles. The summed E-state index contributed by atoms with van der Waals surface area (Å²) in [7, 11) is 0. The van der Waals surface area contributed by atoms with Crippen molar-refractivity contribution in [2.24, 2.45) is 5.92 Å². The normalized spacial score (nSPS) is 31.1. The third-order valence-electron chi connectivity index (χ3n) is 4.05. The molecule has 102 valence electrons. The van der Waals surface area contributed by atoms with Crippen LogP contribution >= 0.6 is 0 Å². The Kier molecular flexibility index (Phi) is 2.93. The molecule has 3 heterocycles. The molecule has 1 aliphatic heterocycles. The molecule has 2 aromatic rings. The van der Waals surface area contributed by atoms with Crippen LogP contribution in [-0.4, -0.2) is 38.9 Å². The molecule has 1 aliphatic rings. The van der Waals surface area contributed by atoms with E-state index in [1.54, 1.807) is 12.4 Å². The highest BCUT2D eigenvalue weighted by atomic mass is 16.3. The summed E-state index contributed by atoms with van der Waals surface area (Å²) in [5.74, 6) is -0.0320. The first-order chi connectivity index (χ1) is 9.13. The molecule has 5 N–H and O–H groups in total. The second-order valence-electron chi connectivity index (χ2n) is 5.12. The monoisotopic (exact) mass is 263 g/mol. The van der Waals surface area contributed by atoms with Gasteiger partial charge in [-0.2, -0.15) is 0 Å². The van der Waals surface area contributed by atoms with Gasteiger partial charge in [0.2, 0.25) is 0 Å². The summed E-state index contributed by atoms with van der Waals surface area (Å²) in [6, 6.07) is 1.44. The molecule has 1 fully saturated rings. The van der Waals surface area contributed by atoms with Crippen LogP contribution in [0.25, 0.3) is 10.9 Å². The average molecular weight is 263 g/mol. The standard InChI is InChI=1S/C13H17N3O3/c1-6-10(16-9(5-17)12(6)18)8-4-15-11-7(8)2-3-14-13(11)19/h2-4,6,9-10,12,15-18H,5H2,1H3,(H,14,19)/t6-,9+,10+,12-/m0/s1. The van der Waals surface area contributed by atoms with Gasteiger partial charge in [-0.1, -0.05) is 6.92 Å². The average Bonchev–Trinajstić information content (AvgIpc) is 2.94. The van der Waals surface area contributed by atoms with Gasteiger partial charge in [0, 0.05) is 29.7 Å². The number of aromatic nitrogens is 2. The smallest absolute Gasteiger partial charge is 0.272 e. The molecule has 3 rings (SSSR count). The molecule has 0 spiro atoms. The lowest BCUT2D eigenvalue weighted by atomic mass is 9.93. The third kappa shape index (κ3) is 1.80. The van der Waals surface area contributed by atoms with Gasteiger partial charge in [0.1, 0.15) is 5.52 Å². The SMILES string of the molecule is C[C@@H]1[C@H](O)[C@@H](CO)N[C@H]1c1c[nH]c2c(=O)[nH]ccc12. The Bertz CT molecular complexity index is 648. The van der Waals surface area contributed by atoms with Crippen molar-refractivity contribution in [1.82, 2.24) is 15.3 Å². The van der Waals surface area contributed by atoms with Gasteiger partial charge in [0.25, 0.3) is 5.56 Å². The highest BCUT2D eigenvalue weighted by Crippen LogP contribution is 2.35. The van der Waals surface area contributed by atoms with Crippen molar-refractivity contribution in [3.63, 3.8) is 0 Å². The predicted octanol–water partition coefficient (Wildman–Crippen LogP) is -0.142. The van der Waals surface area contributed by atoms with Gasteiger partial charge in [-0.3, -0.25) is 4.79 Å². The number of pyridine rings is 1. The fourth-order valence-corrected chi connectivity index (χ4v) is 2.93. The lowest BCUT2D eigenvalue weighted by Gasteiger charge is -2.16. The van der Waals surface area contributed by atoms with Crippen molar-refractivity contribution < 1.29 is 10.2 Å². The molecule has 2 aromatic heterocycles. The van der Waals surface area contributed by atoms with Gasteiger partial charge in [-0.15, -0.1) is 0 Å². The number of rotatable bonds is 2. The summed E-state index contributed by atoms with van der Waals surface area (Å²) < 4.78 is 0. The Labute approximate surface area is 109 Å². The first kappa shape index (κ1) is 12.4. The predicted molar refractivity (Wildman–Crippen MR) is 70.8 cm³/mol. The topological polar surface area (TPSA) is 101 Å². The second-order valence-corrected chi connectivity index (χ2v) is 5.12. The molecule has 0 saturated carbocycles. The Balaban J connectivity index is 2.06. The fraction of sp³-hybridized carbons (Fsp3) is 0.462. The molecule has 19 heavy (non-hydrogen) atoms. The van der Waals surface area contributed by atoms with Gasteiger partial charge in [-0.05, 0) is 11.6 Å². The largest absolute Gasteiger partial charge is 0.395 e. The minimum absolute atomic E-state index is 0.0320. The van der Waals surface area contributed by atoms with Crippen molar-refractivity contribution in [2.75, 3.05) is 6.61 Å². The van der Waals surface area contributed by atoms with Gasteiger partial charge in [0.05, 0.1) is 18.8 Å². The third-order valence-corrected chi connectivity index (χ3v) is 4.05. The zero-order valence-electron chi connectivity index (χ0n) is 10.6. The van der Waals surface area contributed by atoms with Crippen LogP contribution < -0.4 is 10.9 Å². The van der Waals surface area contributed by atoms with Crippen LogP contribution in [0, 0.1) is 5.92 Å². The van der Waals surface area contributed by atoms with E-state index in [4.69, 9.17) is 0 Å². The first-order valence-electron chi connectivity index (χ1n) is 6.37. The molecule has 0 radical (unpaired) electrons. The fourth-order valence-electron chi connectivity index (χ4n) is 2.93. The van der Waals surface area contributed by atoms with Crippen molar-refractivity contribution >= 4 is 10.9 Å². The maximum Gasteiger partial charge on any atom is 0.272 e. The van der Waals surface area contributed by atoms with E-state index in [1.165, 1.54) is 0 Å². The van der Waals surface area contributed by atoms with Gasteiger partial charge in [0.15, 0.2) is 0 Å².